The Balaban J connectivity index is 2.04. The lowest BCUT2D eigenvalue weighted by Gasteiger charge is -2.34. The van der Waals surface area contributed by atoms with E-state index in [9.17, 15) is 19.8 Å². The highest BCUT2D eigenvalue weighted by Crippen LogP contribution is 2.40. The number of aliphatic carboxylic acids is 1. The van der Waals surface area contributed by atoms with E-state index in [1.807, 2.05) is 0 Å². The molecule has 0 unspecified atom stereocenters. The van der Waals surface area contributed by atoms with Gasteiger partial charge in [0.05, 0.1) is 18.1 Å². The van der Waals surface area contributed by atoms with Crippen molar-refractivity contribution in [1.82, 2.24) is 4.90 Å². The van der Waals surface area contributed by atoms with Gasteiger partial charge in [0.25, 0.3) is 0 Å². The van der Waals surface area contributed by atoms with E-state index < -0.39 is 11.4 Å². The SMILES string of the molecule is O=C(CC1(C(=O)O)CCCCC1)N1CCC[C@@H]1CO. The summed E-state index contributed by atoms with van der Waals surface area (Å²) in [5, 5.41) is 18.7. The number of carbonyl (C=O) groups excluding carboxylic acids is 1. The summed E-state index contributed by atoms with van der Waals surface area (Å²) in [6, 6.07) is -0.109. The number of aliphatic hydroxyl groups excluding tert-OH is 1. The largest absolute Gasteiger partial charge is 0.481 e. The second-order valence-electron chi connectivity index (χ2n) is 5.89. The van der Waals surface area contributed by atoms with Crippen LogP contribution in [0.25, 0.3) is 0 Å². The zero-order valence-electron chi connectivity index (χ0n) is 11.3. The van der Waals surface area contributed by atoms with Gasteiger partial charge in [-0.05, 0) is 25.7 Å². The van der Waals surface area contributed by atoms with E-state index in [1.165, 1.54) is 0 Å². The van der Waals surface area contributed by atoms with E-state index >= 15 is 0 Å². The van der Waals surface area contributed by atoms with E-state index in [0.29, 0.717) is 19.4 Å². The molecule has 0 aromatic rings. The van der Waals surface area contributed by atoms with Gasteiger partial charge >= 0.3 is 5.97 Å². The lowest BCUT2D eigenvalue weighted by atomic mass is 9.71. The highest BCUT2D eigenvalue weighted by molar-refractivity contribution is 5.85. The summed E-state index contributed by atoms with van der Waals surface area (Å²) in [6.07, 6.45) is 5.87. The minimum Gasteiger partial charge on any atom is -0.481 e. The number of likely N-dealkylation sites (tertiary alicyclic amines) is 1. The predicted molar refractivity (Wildman–Crippen MR) is 69.6 cm³/mol. The Labute approximate surface area is 113 Å². The number of hydrogen-bond donors (Lipinski definition) is 2. The first kappa shape index (κ1) is 14.3. The van der Waals surface area contributed by atoms with Crippen molar-refractivity contribution in [3.05, 3.63) is 0 Å². The molecule has 1 saturated heterocycles. The Bertz CT molecular complexity index is 349. The van der Waals surface area contributed by atoms with Gasteiger partial charge in [-0.25, -0.2) is 0 Å². The van der Waals surface area contributed by atoms with Gasteiger partial charge in [0.1, 0.15) is 0 Å². The van der Waals surface area contributed by atoms with Gasteiger partial charge in [-0.15, -0.1) is 0 Å². The van der Waals surface area contributed by atoms with E-state index in [0.717, 1.165) is 32.1 Å². The average Bonchev–Trinajstić information content (AvgIpc) is 2.88. The van der Waals surface area contributed by atoms with Crippen LogP contribution in [-0.4, -0.2) is 46.2 Å². The van der Waals surface area contributed by atoms with Crippen molar-refractivity contribution >= 4 is 11.9 Å². The maximum atomic E-state index is 12.3. The zero-order valence-corrected chi connectivity index (χ0v) is 11.3. The van der Waals surface area contributed by atoms with E-state index in [1.54, 1.807) is 4.90 Å². The van der Waals surface area contributed by atoms with Crippen molar-refractivity contribution in [2.75, 3.05) is 13.2 Å². The molecular formula is C14H23NO4. The molecule has 108 valence electrons. The van der Waals surface area contributed by atoms with Crippen molar-refractivity contribution in [3.63, 3.8) is 0 Å². The van der Waals surface area contributed by atoms with E-state index in [2.05, 4.69) is 0 Å². The summed E-state index contributed by atoms with van der Waals surface area (Å²) in [6.45, 7) is 0.631. The summed E-state index contributed by atoms with van der Waals surface area (Å²) in [5.41, 5.74) is -0.863. The van der Waals surface area contributed by atoms with Crippen LogP contribution in [0.1, 0.15) is 51.4 Å². The highest BCUT2D eigenvalue weighted by Gasteiger charge is 2.43. The minimum absolute atomic E-state index is 0.0220. The number of carboxylic acid groups (broad SMARTS) is 1. The molecule has 0 aromatic heterocycles. The van der Waals surface area contributed by atoms with Crippen molar-refractivity contribution in [1.29, 1.82) is 0 Å². The molecule has 1 amide bonds. The molecule has 1 aliphatic carbocycles. The quantitative estimate of drug-likeness (QED) is 0.808. The number of aliphatic hydroxyl groups is 1. The molecule has 2 fully saturated rings. The summed E-state index contributed by atoms with van der Waals surface area (Å²) < 4.78 is 0. The van der Waals surface area contributed by atoms with Crippen LogP contribution in [0.5, 0.6) is 0 Å². The summed E-state index contributed by atoms with van der Waals surface area (Å²) in [4.78, 5) is 25.6. The van der Waals surface area contributed by atoms with Crippen LogP contribution < -0.4 is 0 Å². The molecule has 1 heterocycles. The van der Waals surface area contributed by atoms with E-state index in [-0.39, 0.29) is 25.0 Å². The smallest absolute Gasteiger partial charge is 0.310 e. The molecule has 1 aliphatic heterocycles. The molecule has 19 heavy (non-hydrogen) atoms. The molecular weight excluding hydrogens is 246 g/mol. The van der Waals surface area contributed by atoms with Gasteiger partial charge in [0.15, 0.2) is 0 Å². The molecule has 0 radical (unpaired) electrons. The molecule has 2 N–H and O–H groups in total. The Morgan fingerprint density at radius 2 is 1.84 bits per heavy atom. The maximum Gasteiger partial charge on any atom is 0.310 e. The van der Waals surface area contributed by atoms with Crippen LogP contribution >= 0.6 is 0 Å². The fourth-order valence-electron chi connectivity index (χ4n) is 3.44. The normalized spacial score (nSPS) is 26.4. The molecule has 0 bridgehead atoms. The second kappa shape index (κ2) is 5.90. The molecule has 1 saturated carbocycles. The molecule has 0 spiro atoms. The standard InChI is InChI=1S/C14H23NO4/c16-10-11-5-4-8-15(11)12(17)9-14(13(18)19)6-2-1-3-7-14/h11,16H,1-10H2,(H,18,19)/t11-/m1/s1. The topological polar surface area (TPSA) is 77.8 Å². The third-order valence-corrected chi connectivity index (χ3v) is 4.66. The second-order valence-corrected chi connectivity index (χ2v) is 5.89. The number of nitrogens with zero attached hydrogens (tertiary/aromatic N) is 1. The zero-order chi connectivity index (χ0) is 13.9. The first-order valence-electron chi connectivity index (χ1n) is 7.23. The van der Waals surface area contributed by atoms with Crippen molar-refractivity contribution in [2.24, 2.45) is 5.41 Å². The van der Waals surface area contributed by atoms with Crippen molar-refractivity contribution < 1.29 is 19.8 Å². The third-order valence-electron chi connectivity index (χ3n) is 4.66. The molecule has 1 atom stereocenters. The van der Waals surface area contributed by atoms with Crippen molar-refractivity contribution in [2.45, 2.75) is 57.4 Å². The summed E-state index contributed by atoms with van der Waals surface area (Å²) in [7, 11) is 0. The molecule has 2 rings (SSSR count). The maximum absolute atomic E-state index is 12.3. The monoisotopic (exact) mass is 269 g/mol. The summed E-state index contributed by atoms with van der Waals surface area (Å²) >= 11 is 0. The Kier molecular flexibility index (Phi) is 4.45. The predicted octanol–water partition coefficient (Wildman–Crippen LogP) is 1.39. The average molecular weight is 269 g/mol. The number of carbonyl (C=O) groups is 2. The van der Waals surface area contributed by atoms with Gasteiger partial charge in [-0.1, -0.05) is 19.3 Å². The molecule has 5 nitrogen and oxygen atoms in total. The van der Waals surface area contributed by atoms with Gasteiger partial charge in [0, 0.05) is 13.0 Å². The fourth-order valence-corrected chi connectivity index (χ4v) is 3.44. The Hall–Kier alpha value is -1.10. The number of rotatable bonds is 4. The lowest BCUT2D eigenvalue weighted by Crippen LogP contribution is -2.43. The first-order chi connectivity index (χ1) is 9.09. The fraction of sp³-hybridized carbons (Fsp3) is 0.857. The van der Waals surface area contributed by atoms with Crippen molar-refractivity contribution in [3.8, 4) is 0 Å². The summed E-state index contributed by atoms with van der Waals surface area (Å²) in [5.74, 6) is -0.929. The van der Waals surface area contributed by atoms with Crippen LogP contribution in [0.3, 0.4) is 0 Å². The Morgan fingerprint density at radius 1 is 1.16 bits per heavy atom. The Morgan fingerprint density at radius 3 is 2.42 bits per heavy atom. The number of carboxylic acids is 1. The van der Waals surface area contributed by atoms with Crippen LogP contribution in [0.15, 0.2) is 0 Å². The highest BCUT2D eigenvalue weighted by atomic mass is 16.4. The van der Waals surface area contributed by atoms with Crippen LogP contribution in [0.4, 0.5) is 0 Å². The lowest BCUT2D eigenvalue weighted by molar-refractivity contribution is -0.156. The van der Waals surface area contributed by atoms with Crippen LogP contribution in [-0.2, 0) is 9.59 Å². The molecule has 5 heteroatoms. The van der Waals surface area contributed by atoms with Gasteiger partial charge in [-0.2, -0.15) is 0 Å². The molecule has 0 aromatic carbocycles. The number of amides is 1. The van der Waals surface area contributed by atoms with Crippen LogP contribution in [0, 0.1) is 5.41 Å². The van der Waals surface area contributed by atoms with Gasteiger partial charge in [0.2, 0.25) is 5.91 Å². The third kappa shape index (κ3) is 2.91. The van der Waals surface area contributed by atoms with Crippen LogP contribution in [0.2, 0.25) is 0 Å². The number of hydrogen-bond acceptors (Lipinski definition) is 3. The van der Waals surface area contributed by atoms with Gasteiger partial charge < -0.3 is 15.1 Å². The van der Waals surface area contributed by atoms with Gasteiger partial charge in [-0.3, -0.25) is 9.59 Å². The first-order valence-corrected chi connectivity index (χ1v) is 7.23. The minimum atomic E-state index is -0.863. The molecule has 2 aliphatic rings. The van der Waals surface area contributed by atoms with E-state index in [4.69, 9.17) is 0 Å².